The molecule has 1 saturated heterocycles. The lowest BCUT2D eigenvalue weighted by molar-refractivity contribution is 0.0662. The van der Waals surface area contributed by atoms with Crippen LogP contribution >= 0.6 is 11.3 Å². The maximum Gasteiger partial charge on any atom is 0.290 e. The predicted molar refractivity (Wildman–Crippen MR) is 103 cm³/mol. The van der Waals surface area contributed by atoms with E-state index < -0.39 is 0 Å². The fraction of sp³-hybridized carbons (Fsp3) is 0.381. The van der Waals surface area contributed by atoms with Crippen LogP contribution in [-0.4, -0.2) is 29.9 Å². The van der Waals surface area contributed by atoms with Gasteiger partial charge in [-0.25, -0.2) is 0 Å². The largest absolute Gasteiger partial charge is 0.451 e. The van der Waals surface area contributed by atoms with Gasteiger partial charge in [0.1, 0.15) is 5.58 Å². The molecule has 2 aliphatic rings. The molecule has 1 aliphatic carbocycles. The quantitative estimate of drug-likeness (QED) is 0.750. The van der Waals surface area contributed by atoms with Gasteiger partial charge in [0.2, 0.25) is 0 Å². The highest BCUT2D eigenvalue weighted by Gasteiger charge is 2.58. The molecular weight excluding hydrogens is 344 g/mol. The monoisotopic (exact) mass is 366 g/mol. The third kappa shape index (κ3) is 2.75. The van der Waals surface area contributed by atoms with E-state index in [1.165, 1.54) is 5.56 Å². The Morgan fingerprint density at radius 2 is 2.12 bits per heavy atom. The van der Waals surface area contributed by atoms with Crippen LogP contribution in [0, 0.1) is 5.41 Å². The van der Waals surface area contributed by atoms with Crippen molar-refractivity contribution in [2.75, 3.05) is 13.1 Å². The SMILES string of the molecule is O=C(c1cc2ccccc2o1)N(Cc1ccsc1)C1CC12CCNCC2. The van der Waals surface area contributed by atoms with Gasteiger partial charge in [0, 0.05) is 18.0 Å². The summed E-state index contributed by atoms with van der Waals surface area (Å²) in [4.78, 5) is 15.4. The Hall–Kier alpha value is -2.11. The van der Waals surface area contributed by atoms with Crippen molar-refractivity contribution in [3.63, 3.8) is 0 Å². The van der Waals surface area contributed by atoms with E-state index in [1.54, 1.807) is 11.3 Å². The average molecular weight is 366 g/mol. The molecule has 26 heavy (non-hydrogen) atoms. The van der Waals surface area contributed by atoms with Crippen LogP contribution in [0.25, 0.3) is 11.0 Å². The van der Waals surface area contributed by atoms with Crippen molar-refractivity contribution in [2.45, 2.75) is 31.8 Å². The van der Waals surface area contributed by atoms with Crippen molar-refractivity contribution in [2.24, 2.45) is 5.41 Å². The molecule has 1 unspecified atom stereocenters. The van der Waals surface area contributed by atoms with Crippen LogP contribution in [0.15, 0.2) is 51.6 Å². The molecule has 1 spiro atoms. The van der Waals surface area contributed by atoms with Gasteiger partial charge >= 0.3 is 0 Å². The van der Waals surface area contributed by atoms with Crippen LogP contribution < -0.4 is 5.32 Å². The molecule has 1 atom stereocenters. The molecule has 5 rings (SSSR count). The molecule has 1 saturated carbocycles. The van der Waals surface area contributed by atoms with Crippen LogP contribution in [0.3, 0.4) is 0 Å². The maximum atomic E-state index is 13.4. The number of thiophene rings is 1. The first-order chi connectivity index (χ1) is 12.8. The van der Waals surface area contributed by atoms with Crippen molar-refractivity contribution in [3.05, 3.63) is 58.5 Å². The highest BCUT2D eigenvalue weighted by Crippen LogP contribution is 2.56. The highest BCUT2D eigenvalue weighted by molar-refractivity contribution is 7.07. The second-order valence-corrected chi connectivity index (χ2v) is 8.33. The molecule has 0 bridgehead atoms. The van der Waals surface area contributed by atoms with Crippen molar-refractivity contribution in [3.8, 4) is 0 Å². The van der Waals surface area contributed by atoms with E-state index in [1.807, 2.05) is 30.3 Å². The molecule has 5 heteroatoms. The summed E-state index contributed by atoms with van der Waals surface area (Å²) in [6.45, 7) is 2.78. The van der Waals surface area contributed by atoms with Gasteiger partial charge < -0.3 is 14.6 Å². The molecule has 3 aromatic rings. The van der Waals surface area contributed by atoms with Gasteiger partial charge in [-0.2, -0.15) is 11.3 Å². The van der Waals surface area contributed by atoms with Crippen molar-refractivity contribution in [1.82, 2.24) is 10.2 Å². The summed E-state index contributed by atoms with van der Waals surface area (Å²) < 4.78 is 5.88. The molecular formula is C21H22N2O2S. The molecule has 2 aromatic heterocycles. The van der Waals surface area contributed by atoms with E-state index in [-0.39, 0.29) is 5.91 Å². The number of benzene rings is 1. The van der Waals surface area contributed by atoms with Crippen molar-refractivity contribution < 1.29 is 9.21 Å². The van der Waals surface area contributed by atoms with Gasteiger partial charge in [-0.05, 0) is 72.3 Å². The van der Waals surface area contributed by atoms with Gasteiger partial charge in [-0.15, -0.1) is 0 Å². The summed E-state index contributed by atoms with van der Waals surface area (Å²) in [6.07, 6.45) is 3.43. The third-order valence-electron chi connectivity index (χ3n) is 5.95. The molecule has 134 valence electrons. The van der Waals surface area contributed by atoms with Gasteiger partial charge in [-0.3, -0.25) is 4.79 Å². The van der Waals surface area contributed by atoms with Crippen molar-refractivity contribution >= 4 is 28.2 Å². The number of carbonyl (C=O) groups is 1. The lowest BCUT2D eigenvalue weighted by atomic mass is 9.93. The summed E-state index contributed by atoms with van der Waals surface area (Å²) in [5, 5.41) is 8.64. The van der Waals surface area contributed by atoms with Crippen LogP contribution in [0.2, 0.25) is 0 Å². The summed E-state index contributed by atoms with van der Waals surface area (Å²) in [6, 6.07) is 12.1. The average Bonchev–Trinajstić information content (AvgIpc) is 3.08. The van der Waals surface area contributed by atoms with Crippen LogP contribution in [0.5, 0.6) is 0 Å². The summed E-state index contributed by atoms with van der Waals surface area (Å²) in [5.41, 5.74) is 2.29. The molecule has 2 fully saturated rings. The molecule has 1 amide bonds. The van der Waals surface area contributed by atoms with Gasteiger partial charge in [-0.1, -0.05) is 18.2 Å². The van der Waals surface area contributed by atoms with Gasteiger partial charge in [0.05, 0.1) is 0 Å². The Labute approximate surface area is 156 Å². The summed E-state index contributed by atoms with van der Waals surface area (Å²) >= 11 is 1.68. The number of fused-ring (bicyclic) bond motifs is 1. The second kappa shape index (κ2) is 6.25. The normalized spacial score (nSPS) is 21.2. The minimum Gasteiger partial charge on any atom is -0.451 e. The number of hydrogen-bond acceptors (Lipinski definition) is 4. The number of furan rings is 1. The zero-order valence-electron chi connectivity index (χ0n) is 14.6. The van der Waals surface area contributed by atoms with E-state index in [4.69, 9.17) is 4.42 Å². The lowest BCUT2D eigenvalue weighted by Gasteiger charge is -2.29. The fourth-order valence-electron chi connectivity index (χ4n) is 4.36. The van der Waals surface area contributed by atoms with Gasteiger partial charge in [0.25, 0.3) is 5.91 Å². The van der Waals surface area contributed by atoms with E-state index >= 15 is 0 Å². The first-order valence-corrected chi connectivity index (χ1v) is 10.2. The highest BCUT2D eigenvalue weighted by atomic mass is 32.1. The Balaban J connectivity index is 1.46. The summed E-state index contributed by atoms with van der Waals surface area (Å²) in [5.74, 6) is 0.477. The van der Waals surface area contributed by atoms with Crippen LogP contribution in [-0.2, 0) is 6.54 Å². The number of nitrogens with one attached hydrogen (secondary N) is 1. The standard InChI is InChI=1S/C21H22N2O2S/c24-20(18-11-16-3-1-2-4-17(16)25-18)23(13-15-5-10-26-14-15)19-12-21(19)6-8-22-9-7-21/h1-5,10-11,14,19,22H,6-9,12-13H2. The lowest BCUT2D eigenvalue weighted by Crippen LogP contribution is -2.39. The minimum atomic E-state index is 0.0211. The number of amides is 1. The summed E-state index contributed by atoms with van der Waals surface area (Å²) in [7, 11) is 0. The molecule has 0 radical (unpaired) electrons. The molecule has 3 heterocycles. The number of hydrogen-bond donors (Lipinski definition) is 1. The zero-order valence-corrected chi connectivity index (χ0v) is 15.4. The number of carbonyl (C=O) groups excluding carboxylic acids is 1. The second-order valence-electron chi connectivity index (χ2n) is 7.55. The number of piperidine rings is 1. The number of nitrogens with zero attached hydrogens (tertiary/aromatic N) is 1. The number of para-hydroxylation sites is 1. The van der Waals surface area contributed by atoms with E-state index in [9.17, 15) is 4.79 Å². The first kappa shape index (κ1) is 16.1. The molecule has 4 nitrogen and oxygen atoms in total. The molecule has 1 aromatic carbocycles. The molecule has 1 N–H and O–H groups in total. The third-order valence-corrected chi connectivity index (χ3v) is 6.68. The molecule has 1 aliphatic heterocycles. The predicted octanol–water partition coefficient (Wildman–Crippen LogP) is 4.28. The zero-order chi connectivity index (χ0) is 17.6. The van der Waals surface area contributed by atoms with E-state index in [0.717, 1.165) is 43.3 Å². The maximum absolute atomic E-state index is 13.4. The van der Waals surface area contributed by atoms with Crippen LogP contribution in [0.4, 0.5) is 0 Å². The Morgan fingerprint density at radius 1 is 1.27 bits per heavy atom. The van der Waals surface area contributed by atoms with E-state index in [2.05, 4.69) is 27.0 Å². The fourth-order valence-corrected chi connectivity index (χ4v) is 5.02. The van der Waals surface area contributed by atoms with Gasteiger partial charge in [0.15, 0.2) is 5.76 Å². The Morgan fingerprint density at radius 3 is 2.88 bits per heavy atom. The first-order valence-electron chi connectivity index (χ1n) is 9.27. The van der Waals surface area contributed by atoms with E-state index in [0.29, 0.717) is 23.8 Å². The van der Waals surface area contributed by atoms with Crippen LogP contribution in [0.1, 0.15) is 35.4 Å². The Bertz CT molecular complexity index is 892. The topological polar surface area (TPSA) is 45.5 Å². The minimum absolute atomic E-state index is 0.0211. The van der Waals surface area contributed by atoms with Crippen molar-refractivity contribution in [1.29, 1.82) is 0 Å². The Kier molecular flexibility index (Phi) is 3.87. The smallest absolute Gasteiger partial charge is 0.290 e. The number of rotatable bonds is 4.